The van der Waals surface area contributed by atoms with Gasteiger partial charge in [0.15, 0.2) is 0 Å². The van der Waals surface area contributed by atoms with Crippen molar-refractivity contribution in [1.82, 2.24) is 4.90 Å². The smallest absolute Gasteiger partial charge is 0.302 e. The van der Waals surface area contributed by atoms with Crippen LogP contribution in [0, 0.1) is 52.3 Å². The van der Waals surface area contributed by atoms with E-state index in [4.69, 9.17) is 9.47 Å². The highest BCUT2D eigenvalue weighted by molar-refractivity contribution is 5.92. The van der Waals surface area contributed by atoms with Crippen molar-refractivity contribution in [3.63, 3.8) is 0 Å². The summed E-state index contributed by atoms with van der Waals surface area (Å²) < 4.78 is 12.5. The Hall–Kier alpha value is -1.43. The Morgan fingerprint density at radius 3 is 2.31 bits per heavy atom. The molecule has 6 heteroatoms. The van der Waals surface area contributed by atoms with Gasteiger partial charge >= 0.3 is 5.97 Å². The third kappa shape index (κ3) is 5.10. The van der Waals surface area contributed by atoms with E-state index in [1.807, 2.05) is 0 Å². The summed E-state index contributed by atoms with van der Waals surface area (Å²) in [5, 5.41) is 0. The van der Waals surface area contributed by atoms with Crippen molar-refractivity contribution in [3.05, 3.63) is 0 Å². The maximum atomic E-state index is 11.8. The number of hydrogen-bond donors (Lipinski definition) is 0. The fourth-order valence-electron chi connectivity index (χ4n) is 10.9. The summed E-state index contributed by atoms with van der Waals surface area (Å²) >= 11 is 0. The van der Waals surface area contributed by atoms with E-state index < -0.39 is 0 Å². The van der Waals surface area contributed by atoms with Crippen LogP contribution in [0.5, 0.6) is 0 Å². The lowest BCUT2D eigenvalue weighted by molar-refractivity contribution is -0.160. The summed E-state index contributed by atoms with van der Waals surface area (Å²) in [5.74, 6) is 4.06. The van der Waals surface area contributed by atoms with Crippen LogP contribution < -0.4 is 0 Å². The van der Waals surface area contributed by atoms with Crippen LogP contribution in [-0.4, -0.2) is 47.5 Å². The third-order valence-corrected chi connectivity index (χ3v) is 12.7. The average molecular weight is 544 g/mol. The zero-order chi connectivity index (χ0) is 28.3. The molecule has 6 nitrogen and oxygen atoms in total. The first-order valence-electron chi connectivity index (χ1n) is 16.0. The largest absolute Gasteiger partial charge is 0.463 e. The molecule has 5 rings (SSSR count). The fourth-order valence-corrected chi connectivity index (χ4v) is 10.9. The molecule has 5 fully saturated rings. The van der Waals surface area contributed by atoms with E-state index in [2.05, 4.69) is 27.7 Å². The van der Waals surface area contributed by atoms with Crippen LogP contribution >= 0.6 is 0 Å². The maximum Gasteiger partial charge on any atom is 0.302 e. The van der Waals surface area contributed by atoms with Crippen molar-refractivity contribution in [1.29, 1.82) is 0 Å². The predicted octanol–water partition coefficient (Wildman–Crippen LogP) is 6.40. The number of carbonyl (C=O) groups excluding carboxylic acids is 3. The number of imide groups is 1. The molecule has 1 saturated heterocycles. The van der Waals surface area contributed by atoms with Gasteiger partial charge in [-0.3, -0.25) is 19.3 Å². The second-order valence-corrected chi connectivity index (χ2v) is 14.9. The van der Waals surface area contributed by atoms with Gasteiger partial charge in [-0.15, -0.1) is 0 Å². The molecular formula is C33H53NO5. The first kappa shape index (κ1) is 29.1. The molecule has 0 radical (unpaired) electrons. The number of esters is 1. The Labute approximate surface area is 236 Å². The summed E-state index contributed by atoms with van der Waals surface area (Å²) in [4.78, 5) is 36.7. The van der Waals surface area contributed by atoms with Gasteiger partial charge in [0.1, 0.15) is 6.10 Å². The Kier molecular flexibility index (Phi) is 8.02. The standard InChI is InChI=1S/C33H53NO5/c1-19(18-34(21(3)35)22(4)36)8-11-29-20(2)31-30(39-29)17-28-26-10-9-24-16-25(38-23(5)37)12-14-32(24,6)27(26)13-15-33(28,31)7/h19-20,24-31H,8-18H2,1-7H3/t19-,20-,24+,25+,26-,27+,28+,29-,30-,31+,32+,33+/m1/s1. The van der Waals surface area contributed by atoms with Crippen molar-refractivity contribution in [3.8, 4) is 0 Å². The van der Waals surface area contributed by atoms with Crippen molar-refractivity contribution < 1.29 is 23.9 Å². The van der Waals surface area contributed by atoms with Crippen molar-refractivity contribution in [2.45, 2.75) is 131 Å². The van der Waals surface area contributed by atoms with E-state index >= 15 is 0 Å². The van der Waals surface area contributed by atoms with Gasteiger partial charge in [-0.2, -0.15) is 0 Å². The number of amides is 2. The summed E-state index contributed by atoms with van der Waals surface area (Å²) in [6.07, 6.45) is 12.5. The maximum absolute atomic E-state index is 11.8. The third-order valence-electron chi connectivity index (χ3n) is 12.7. The molecule has 0 aromatic carbocycles. The molecule has 0 aromatic heterocycles. The minimum Gasteiger partial charge on any atom is -0.463 e. The highest BCUT2D eigenvalue weighted by Crippen LogP contribution is 2.70. The van der Waals surface area contributed by atoms with Crippen molar-refractivity contribution in [2.24, 2.45) is 52.3 Å². The Balaban J connectivity index is 1.21. The number of nitrogens with zero attached hydrogens (tertiary/aromatic N) is 1. The van der Waals surface area contributed by atoms with E-state index in [1.54, 1.807) is 6.92 Å². The topological polar surface area (TPSA) is 72.9 Å². The Bertz CT molecular complexity index is 952. The zero-order valence-corrected chi connectivity index (χ0v) is 25.5. The molecule has 5 aliphatic rings. The molecule has 0 bridgehead atoms. The molecule has 39 heavy (non-hydrogen) atoms. The summed E-state index contributed by atoms with van der Waals surface area (Å²) in [5.41, 5.74) is 0.751. The second-order valence-electron chi connectivity index (χ2n) is 14.9. The van der Waals surface area contributed by atoms with E-state index in [1.165, 1.54) is 57.3 Å². The summed E-state index contributed by atoms with van der Waals surface area (Å²) in [6.45, 7) is 14.8. The Morgan fingerprint density at radius 1 is 0.949 bits per heavy atom. The van der Waals surface area contributed by atoms with E-state index in [9.17, 15) is 14.4 Å². The molecule has 1 heterocycles. The summed E-state index contributed by atoms with van der Waals surface area (Å²) in [7, 11) is 0. The van der Waals surface area contributed by atoms with Gasteiger partial charge in [-0.05, 0) is 116 Å². The van der Waals surface area contributed by atoms with Gasteiger partial charge < -0.3 is 9.47 Å². The van der Waals surface area contributed by atoms with E-state index in [0.29, 0.717) is 41.2 Å². The molecule has 4 aliphatic carbocycles. The highest BCUT2D eigenvalue weighted by Gasteiger charge is 2.65. The van der Waals surface area contributed by atoms with Gasteiger partial charge in [0.25, 0.3) is 0 Å². The SMILES string of the molecule is CC(=O)O[C@H]1CC[C@@]2(C)[C@@H](CC[C@@H]3[C@@H]2CC[C@]2(C)[C@H]4[C@H](C)[C@@H](CC[C@@H](C)CN(C(C)=O)C(C)=O)O[C@@H]4C[C@@H]32)C1. The zero-order valence-electron chi connectivity index (χ0n) is 25.5. The quantitative estimate of drug-likeness (QED) is 0.362. The van der Waals surface area contributed by atoms with Crippen molar-refractivity contribution >= 4 is 17.8 Å². The molecule has 0 N–H and O–H groups in total. The van der Waals surface area contributed by atoms with Crippen LogP contribution in [0.25, 0.3) is 0 Å². The van der Waals surface area contributed by atoms with Gasteiger partial charge in [-0.25, -0.2) is 0 Å². The molecule has 4 saturated carbocycles. The molecular weight excluding hydrogens is 490 g/mol. The molecule has 2 amide bonds. The Morgan fingerprint density at radius 2 is 1.64 bits per heavy atom. The van der Waals surface area contributed by atoms with E-state index in [0.717, 1.165) is 43.4 Å². The van der Waals surface area contributed by atoms with Crippen LogP contribution in [0.3, 0.4) is 0 Å². The van der Waals surface area contributed by atoms with Crippen LogP contribution in [-0.2, 0) is 23.9 Å². The van der Waals surface area contributed by atoms with Crippen LogP contribution in [0.2, 0.25) is 0 Å². The summed E-state index contributed by atoms with van der Waals surface area (Å²) in [6, 6.07) is 0. The number of hydrogen-bond acceptors (Lipinski definition) is 5. The number of rotatable bonds is 6. The first-order valence-corrected chi connectivity index (χ1v) is 16.0. The lowest BCUT2D eigenvalue weighted by Crippen LogP contribution is -2.54. The van der Waals surface area contributed by atoms with Gasteiger partial charge in [0.05, 0.1) is 12.2 Å². The molecule has 220 valence electrons. The predicted molar refractivity (Wildman–Crippen MR) is 150 cm³/mol. The van der Waals surface area contributed by atoms with Crippen LogP contribution in [0.15, 0.2) is 0 Å². The van der Waals surface area contributed by atoms with Gasteiger partial charge in [0, 0.05) is 27.3 Å². The normalized spacial score (nSPS) is 45.4. The molecule has 0 unspecified atom stereocenters. The first-order chi connectivity index (χ1) is 18.3. The second kappa shape index (κ2) is 10.8. The molecule has 0 aromatic rings. The van der Waals surface area contributed by atoms with Crippen LogP contribution in [0.4, 0.5) is 0 Å². The average Bonchev–Trinajstić information content (AvgIpc) is 3.33. The lowest BCUT2D eigenvalue weighted by Gasteiger charge is -2.61. The lowest BCUT2D eigenvalue weighted by atomic mass is 9.44. The minimum atomic E-state index is -0.163. The van der Waals surface area contributed by atoms with Crippen molar-refractivity contribution in [2.75, 3.05) is 6.54 Å². The molecule has 12 atom stereocenters. The number of carbonyl (C=O) groups is 3. The fraction of sp³-hybridized carbons (Fsp3) is 0.909. The van der Waals surface area contributed by atoms with Gasteiger partial charge in [0.2, 0.25) is 11.8 Å². The monoisotopic (exact) mass is 543 g/mol. The minimum absolute atomic E-state index is 0.124. The van der Waals surface area contributed by atoms with Crippen LogP contribution in [0.1, 0.15) is 113 Å². The number of ether oxygens (including phenoxy) is 2. The molecule has 0 spiro atoms. The number of fused-ring (bicyclic) bond motifs is 7. The van der Waals surface area contributed by atoms with E-state index in [-0.39, 0.29) is 35.9 Å². The highest BCUT2D eigenvalue weighted by atomic mass is 16.5. The molecule has 1 aliphatic heterocycles. The van der Waals surface area contributed by atoms with Gasteiger partial charge in [-0.1, -0.05) is 27.7 Å².